The van der Waals surface area contributed by atoms with Gasteiger partial charge in [0.25, 0.3) is 0 Å². The first-order valence-corrected chi connectivity index (χ1v) is 24.5. The number of rotatable bonds is 11. The Morgan fingerprint density at radius 1 is 0.889 bits per heavy atom. The van der Waals surface area contributed by atoms with E-state index in [4.69, 9.17) is 37.9 Å². The monoisotopic (exact) mass is 896 g/mol. The molecule has 8 rings (SSSR count). The van der Waals surface area contributed by atoms with Crippen LogP contribution in [-0.4, -0.2) is 137 Å². The highest BCUT2D eigenvalue weighted by Gasteiger charge is 2.60. The summed E-state index contributed by atoms with van der Waals surface area (Å²) >= 11 is 1.69. The maximum Gasteiger partial charge on any atom is 0.306 e. The van der Waals surface area contributed by atoms with Crippen LogP contribution in [0.5, 0.6) is 0 Å². The zero-order valence-electron chi connectivity index (χ0n) is 38.7. The number of allylic oxidation sites excluding steroid dienone is 2. The van der Waals surface area contributed by atoms with Crippen LogP contribution >= 0.6 is 11.3 Å². The lowest BCUT2D eigenvalue weighted by Crippen LogP contribution is -2.59. The van der Waals surface area contributed by atoms with E-state index < -0.39 is 48.6 Å². The molecule has 63 heavy (non-hydrogen) atoms. The van der Waals surface area contributed by atoms with Gasteiger partial charge >= 0.3 is 5.97 Å². The number of hydrogen-bond donors (Lipinski definition) is 2. The summed E-state index contributed by atoms with van der Waals surface area (Å²) in [7, 11) is 9.09. The van der Waals surface area contributed by atoms with Crippen molar-refractivity contribution in [2.45, 2.75) is 165 Å². The van der Waals surface area contributed by atoms with Gasteiger partial charge in [-0.25, -0.2) is 0 Å². The number of esters is 1. The number of nitrogens with one attached hydrogen (secondary N) is 1. The van der Waals surface area contributed by atoms with Gasteiger partial charge in [0.2, 0.25) is 0 Å². The predicted octanol–water partition coefficient (Wildman–Crippen LogP) is 6.99. The number of fused-ring (bicyclic) bond motifs is 6. The number of aliphatic hydroxyl groups excluding tert-OH is 1. The smallest absolute Gasteiger partial charge is 0.306 e. The van der Waals surface area contributed by atoms with Gasteiger partial charge in [0.1, 0.15) is 24.4 Å². The van der Waals surface area contributed by atoms with Crippen molar-refractivity contribution in [1.82, 2.24) is 4.90 Å². The number of ketones is 1. The van der Waals surface area contributed by atoms with Crippen molar-refractivity contribution >= 4 is 38.9 Å². The van der Waals surface area contributed by atoms with Crippen LogP contribution in [0.15, 0.2) is 41.3 Å². The average molecular weight is 897 g/mol. The fraction of sp³-hybridized carbons (Fsp3) is 0.755. The molecule has 350 valence electrons. The molecule has 0 spiro atoms. The third-order valence-electron chi connectivity index (χ3n) is 15.7. The van der Waals surface area contributed by atoms with Crippen LogP contribution in [0.25, 0.3) is 10.1 Å². The highest BCUT2D eigenvalue weighted by atomic mass is 32.1. The molecule has 5 fully saturated rings. The number of likely N-dealkylation sites (N-methyl/N-ethyl adjacent to an activating group) is 1. The van der Waals surface area contributed by atoms with E-state index in [2.05, 4.69) is 67.0 Å². The van der Waals surface area contributed by atoms with Crippen LogP contribution in [0.1, 0.15) is 85.5 Å². The van der Waals surface area contributed by atoms with Crippen molar-refractivity contribution in [3.05, 3.63) is 41.3 Å². The number of carbonyl (C=O) groups excluding carboxylic acids is 2. The number of ether oxygens (including phenoxy) is 8. The predicted molar refractivity (Wildman–Crippen MR) is 240 cm³/mol. The van der Waals surface area contributed by atoms with Crippen LogP contribution in [-0.2, 0) is 47.5 Å². The number of hydrogen-bond acceptors (Lipinski definition) is 14. The molecule has 6 aliphatic rings. The first-order chi connectivity index (χ1) is 30.3. The van der Waals surface area contributed by atoms with Crippen molar-refractivity contribution in [2.75, 3.05) is 40.7 Å². The molecule has 0 bridgehead atoms. The summed E-state index contributed by atoms with van der Waals surface area (Å²) in [5.41, 5.74) is 1.53. The molecule has 0 radical (unpaired) electrons. The molecule has 2 aromatic rings. The lowest BCUT2D eigenvalue weighted by atomic mass is 9.62. The number of cyclic esters (lactones) is 1. The summed E-state index contributed by atoms with van der Waals surface area (Å²) in [5, 5.41) is 19.9. The quantitative estimate of drug-likeness (QED) is 0.224. The number of benzene rings is 1. The molecule has 19 atom stereocenters. The Bertz CT molecular complexity index is 1910. The number of thiophene rings is 1. The zero-order valence-corrected chi connectivity index (χ0v) is 39.5. The van der Waals surface area contributed by atoms with Crippen LogP contribution in [0.2, 0.25) is 0 Å². The first-order valence-electron chi connectivity index (χ1n) is 23.6. The van der Waals surface area contributed by atoms with Crippen LogP contribution in [0.3, 0.4) is 0 Å². The fourth-order valence-electron chi connectivity index (χ4n) is 12.5. The van der Waals surface area contributed by atoms with E-state index in [9.17, 15) is 9.90 Å². The number of nitrogens with zero attached hydrogens (tertiary/aromatic N) is 1. The van der Waals surface area contributed by atoms with Crippen molar-refractivity contribution in [2.24, 2.45) is 35.5 Å². The number of methoxy groups -OCH3 is 3. The molecule has 1 aromatic heterocycles. The maximum absolute atomic E-state index is 15.2. The van der Waals surface area contributed by atoms with E-state index in [1.807, 2.05) is 20.8 Å². The summed E-state index contributed by atoms with van der Waals surface area (Å²) in [6.07, 6.45) is 3.49. The third-order valence-corrected chi connectivity index (χ3v) is 16.6. The molecule has 2 saturated carbocycles. The van der Waals surface area contributed by atoms with E-state index in [0.717, 1.165) is 30.3 Å². The number of anilines is 1. The van der Waals surface area contributed by atoms with Gasteiger partial charge < -0.3 is 53.2 Å². The Morgan fingerprint density at radius 3 is 2.37 bits per heavy atom. The number of aliphatic hydroxyl groups is 1. The highest BCUT2D eigenvalue weighted by molar-refractivity contribution is 7.17. The van der Waals surface area contributed by atoms with E-state index in [0.29, 0.717) is 43.7 Å². The SMILES string of the molecule is CC[C@H]1CCC[C@H](O[C@H]2CC[C@H](N(C)C)C(C)O2)[C@@H](C)C(=O)C2=C[C@H]3[C@@H]4C[C@H](O[C@@H]5OC(C)[C@H](OC)C(OC)[C@@H]5OC)C[C@H]4[C@H](Nc4ccc5sccc5c4)[C@@H](O)[C@H]3[C@@H]2CC(=O)O1. The lowest BCUT2D eigenvalue weighted by molar-refractivity contribution is -0.314. The minimum atomic E-state index is -0.885. The van der Waals surface area contributed by atoms with Crippen molar-refractivity contribution in [1.29, 1.82) is 0 Å². The van der Waals surface area contributed by atoms with Gasteiger partial charge in [-0.05, 0) is 138 Å². The Labute approximate surface area is 377 Å². The second kappa shape index (κ2) is 20.2. The summed E-state index contributed by atoms with van der Waals surface area (Å²) in [6, 6.07) is 8.35. The Kier molecular flexibility index (Phi) is 15.0. The zero-order chi connectivity index (χ0) is 44.7. The molecule has 3 aliphatic carbocycles. The number of Topliss-reactive ketones (excluding diaryl/α,β-unsaturated/α-hetero) is 1. The van der Waals surface area contributed by atoms with Crippen LogP contribution in [0.4, 0.5) is 5.69 Å². The Balaban J connectivity index is 1.11. The topological polar surface area (TPSA) is 143 Å². The first kappa shape index (κ1) is 47.0. The van der Waals surface area contributed by atoms with E-state index >= 15 is 4.79 Å². The standard InChI is InChI=1S/C49H72N2O11S/c1-10-30-12-11-13-38(62-41-17-15-37(51(5)6)26(3)58-41)25(2)44(53)36-23-33-32-21-31(61-49-48(57-9)47(56-8)46(55-7)27(4)59-49)22-35(32)43(45(54)42(33)34(36)24-40(52)60-30)50-29-14-16-39-28(20-29)18-19-63-39/h14,16,18-20,23,25-27,30-35,37-38,41-43,45-50,54H,10-13,15,17,21-22,24H2,1-9H3/t25-,26?,27?,30+,31+,32+,33+,34-,35-,37+,38+,41+,42-,43+,45+,46+,47?,48+,49+/m1/s1. The van der Waals surface area contributed by atoms with Crippen molar-refractivity contribution < 1.29 is 52.6 Å². The molecule has 14 heteroatoms. The summed E-state index contributed by atoms with van der Waals surface area (Å²) in [5.74, 6) is -1.94. The van der Waals surface area contributed by atoms with Crippen LogP contribution in [0, 0.1) is 35.5 Å². The number of carbonyl (C=O) groups is 2. The van der Waals surface area contributed by atoms with Crippen LogP contribution < -0.4 is 5.32 Å². The Morgan fingerprint density at radius 2 is 1.65 bits per heavy atom. The van der Waals surface area contributed by atoms with Gasteiger partial charge in [-0.3, -0.25) is 9.59 Å². The van der Waals surface area contributed by atoms with Gasteiger partial charge in [-0.2, -0.15) is 0 Å². The molecular formula is C49H72N2O11S. The fourth-order valence-corrected chi connectivity index (χ4v) is 13.2. The van der Waals surface area contributed by atoms with Crippen molar-refractivity contribution in [3.8, 4) is 0 Å². The molecular weight excluding hydrogens is 825 g/mol. The lowest BCUT2D eigenvalue weighted by Gasteiger charge is -2.47. The van der Waals surface area contributed by atoms with E-state index in [1.54, 1.807) is 32.7 Å². The third kappa shape index (κ3) is 9.55. The van der Waals surface area contributed by atoms with Gasteiger partial charge in [-0.15, -0.1) is 11.3 Å². The van der Waals surface area contributed by atoms with E-state index in [1.165, 1.54) is 4.70 Å². The Hall–Kier alpha value is -2.50. The molecule has 0 amide bonds. The second-order valence-corrected chi connectivity index (χ2v) is 20.4. The van der Waals surface area contributed by atoms with Gasteiger partial charge in [-0.1, -0.05) is 19.9 Å². The largest absolute Gasteiger partial charge is 0.462 e. The molecule has 4 heterocycles. The van der Waals surface area contributed by atoms with E-state index in [-0.39, 0.29) is 78.6 Å². The molecule has 1 aromatic carbocycles. The van der Waals surface area contributed by atoms with Gasteiger partial charge in [0, 0.05) is 55.5 Å². The minimum absolute atomic E-state index is 0.00978. The average Bonchev–Trinajstić information content (AvgIpc) is 4.00. The second-order valence-electron chi connectivity index (χ2n) is 19.4. The maximum atomic E-state index is 15.2. The molecule has 3 unspecified atom stereocenters. The molecule has 2 N–H and O–H groups in total. The summed E-state index contributed by atoms with van der Waals surface area (Å²) in [6.45, 7) is 8.08. The summed E-state index contributed by atoms with van der Waals surface area (Å²) in [4.78, 5) is 31.4. The summed E-state index contributed by atoms with van der Waals surface area (Å²) < 4.78 is 51.6. The minimum Gasteiger partial charge on any atom is -0.462 e. The molecule has 13 nitrogen and oxygen atoms in total. The normalized spacial score (nSPS) is 42.5. The molecule has 3 aliphatic heterocycles. The van der Waals surface area contributed by atoms with Gasteiger partial charge in [0.15, 0.2) is 18.4 Å². The van der Waals surface area contributed by atoms with Crippen molar-refractivity contribution in [3.63, 3.8) is 0 Å². The molecule has 3 saturated heterocycles. The van der Waals surface area contributed by atoms with Gasteiger partial charge in [0.05, 0.1) is 43.0 Å². The highest BCUT2D eigenvalue weighted by Crippen LogP contribution is 2.57.